The van der Waals surface area contributed by atoms with Crippen LogP contribution < -0.4 is 0 Å². The Morgan fingerprint density at radius 3 is 2.44 bits per heavy atom. The molecular formula is C30H34N6O3. The van der Waals surface area contributed by atoms with Crippen LogP contribution >= 0.6 is 0 Å². The van der Waals surface area contributed by atoms with Gasteiger partial charge < -0.3 is 9.42 Å². The van der Waals surface area contributed by atoms with Gasteiger partial charge in [-0.15, -0.1) is 4.91 Å². The van der Waals surface area contributed by atoms with Gasteiger partial charge in [0.25, 0.3) is 11.8 Å². The lowest BCUT2D eigenvalue weighted by atomic mass is 9.94. The summed E-state index contributed by atoms with van der Waals surface area (Å²) in [6.45, 7) is 11.7. The molecule has 0 spiro atoms. The molecule has 5 rings (SSSR count). The molecule has 3 heterocycles. The van der Waals surface area contributed by atoms with Gasteiger partial charge in [0.2, 0.25) is 5.82 Å². The van der Waals surface area contributed by atoms with E-state index in [1.165, 1.54) is 22.3 Å². The van der Waals surface area contributed by atoms with Gasteiger partial charge in [0, 0.05) is 35.3 Å². The molecule has 0 N–H and O–H groups in total. The first-order valence-electron chi connectivity index (χ1n) is 13.6. The van der Waals surface area contributed by atoms with Crippen LogP contribution in [0.3, 0.4) is 0 Å². The highest BCUT2D eigenvalue weighted by molar-refractivity contribution is 5.79. The molecule has 0 saturated carbocycles. The predicted molar refractivity (Wildman–Crippen MR) is 150 cm³/mol. The summed E-state index contributed by atoms with van der Waals surface area (Å²) in [4.78, 5) is 29.1. The topological polar surface area (TPSA) is 106 Å². The van der Waals surface area contributed by atoms with Crippen LogP contribution in [0.15, 0.2) is 52.2 Å². The second-order valence-corrected chi connectivity index (χ2v) is 10.4. The van der Waals surface area contributed by atoms with Crippen molar-refractivity contribution in [3.63, 3.8) is 0 Å². The van der Waals surface area contributed by atoms with E-state index in [-0.39, 0.29) is 5.92 Å². The van der Waals surface area contributed by atoms with Gasteiger partial charge in [-0.05, 0) is 100 Å². The van der Waals surface area contributed by atoms with Crippen LogP contribution in [0.2, 0.25) is 0 Å². The highest BCUT2D eigenvalue weighted by Gasteiger charge is 2.25. The smallest absolute Gasteiger partial charge is 0.289 e. The molecule has 2 aromatic carbocycles. The quantitative estimate of drug-likeness (QED) is 0.269. The Hall–Kier alpha value is -3.98. The largest absolute Gasteiger partial charge is 0.332 e. The zero-order valence-corrected chi connectivity index (χ0v) is 23.0. The molecular weight excluding hydrogens is 492 g/mol. The van der Waals surface area contributed by atoms with Crippen molar-refractivity contribution in [3.8, 4) is 34.2 Å². The lowest BCUT2D eigenvalue weighted by molar-refractivity contribution is -0.123. The maximum Gasteiger partial charge on any atom is 0.289 e. The molecule has 1 aliphatic rings. The third-order valence-corrected chi connectivity index (χ3v) is 7.80. The second-order valence-electron chi connectivity index (χ2n) is 10.4. The Bertz CT molecular complexity index is 1470. The number of hydrogen-bond acceptors (Lipinski definition) is 7. The molecule has 202 valence electrons. The normalized spacial score (nSPS) is 14.6. The standard InChI is InChI=1S/C30H34N6O3/c1-5-36-27(25-9-7-6-8-19(25)2)18-26(32-36)30-31-28(34-39-30)23-16-20(3)24(21(4)17-23)12-15-35-13-10-22(11-14-35)29(37)33-38/h6-9,16-18,22H,5,10-15H2,1-4H3. The number of piperidine rings is 1. The van der Waals surface area contributed by atoms with Crippen LogP contribution in [0.4, 0.5) is 0 Å². The molecule has 0 radical (unpaired) electrons. The van der Waals surface area contributed by atoms with E-state index in [9.17, 15) is 9.70 Å². The third-order valence-electron chi connectivity index (χ3n) is 7.80. The fourth-order valence-electron chi connectivity index (χ4n) is 5.55. The summed E-state index contributed by atoms with van der Waals surface area (Å²) in [6, 6.07) is 14.5. The first-order valence-corrected chi connectivity index (χ1v) is 13.6. The minimum atomic E-state index is -0.507. The van der Waals surface area contributed by atoms with Gasteiger partial charge in [-0.2, -0.15) is 10.1 Å². The number of aromatic nitrogens is 4. The zero-order chi connectivity index (χ0) is 27.5. The number of carbonyl (C=O) groups excluding carboxylic acids is 1. The number of aryl methyl sites for hydroxylation is 4. The molecule has 0 aliphatic carbocycles. The molecule has 1 aliphatic heterocycles. The summed E-state index contributed by atoms with van der Waals surface area (Å²) in [5.41, 5.74) is 8.60. The van der Waals surface area contributed by atoms with Gasteiger partial charge in [0.1, 0.15) is 0 Å². The average Bonchev–Trinajstić information content (AvgIpc) is 3.60. The number of carbonyl (C=O) groups is 1. The highest BCUT2D eigenvalue weighted by atomic mass is 16.5. The lowest BCUT2D eigenvalue weighted by Gasteiger charge is -2.30. The Morgan fingerprint density at radius 2 is 1.77 bits per heavy atom. The van der Waals surface area contributed by atoms with E-state index in [1.54, 1.807) is 0 Å². The maximum absolute atomic E-state index is 11.6. The summed E-state index contributed by atoms with van der Waals surface area (Å²) in [7, 11) is 0. The van der Waals surface area contributed by atoms with E-state index < -0.39 is 5.91 Å². The minimum absolute atomic E-state index is 0.217. The molecule has 9 nitrogen and oxygen atoms in total. The first-order chi connectivity index (χ1) is 18.9. The molecule has 1 amide bonds. The minimum Gasteiger partial charge on any atom is -0.332 e. The highest BCUT2D eigenvalue weighted by Crippen LogP contribution is 2.30. The number of amides is 1. The number of nitrogens with zero attached hydrogens (tertiary/aromatic N) is 6. The molecule has 0 atom stereocenters. The number of nitroso groups, excluding NO2 is 1. The maximum atomic E-state index is 11.6. The summed E-state index contributed by atoms with van der Waals surface area (Å²) >= 11 is 0. The van der Waals surface area contributed by atoms with E-state index in [2.05, 4.69) is 67.2 Å². The van der Waals surface area contributed by atoms with E-state index in [4.69, 9.17) is 14.6 Å². The predicted octanol–water partition coefficient (Wildman–Crippen LogP) is 5.76. The van der Waals surface area contributed by atoms with Crippen molar-refractivity contribution in [2.75, 3.05) is 19.6 Å². The zero-order valence-electron chi connectivity index (χ0n) is 23.0. The fraction of sp³-hybridized carbons (Fsp3) is 0.400. The third kappa shape index (κ3) is 5.59. The summed E-state index contributed by atoms with van der Waals surface area (Å²) < 4.78 is 7.62. The Kier molecular flexibility index (Phi) is 7.79. The average molecular weight is 527 g/mol. The molecule has 4 aromatic rings. The van der Waals surface area contributed by atoms with Gasteiger partial charge in [0.15, 0.2) is 5.69 Å². The molecule has 0 unspecified atom stereocenters. The van der Waals surface area contributed by atoms with Crippen LogP contribution in [-0.4, -0.2) is 50.4 Å². The van der Waals surface area contributed by atoms with Crippen molar-refractivity contribution in [2.24, 2.45) is 11.1 Å². The van der Waals surface area contributed by atoms with Crippen molar-refractivity contribution in [2.45, 2.75) is 53.5 Å². The Labute approximate surface area is 228 Å². The van der Waals surface area contributed by atoms with Crippen molar-refractivity contribution < 1.29 is 9.32 Å². The molecule has 39 heavy (non-hydrogen) atoms. The Balaban J connectivity index is 1.30. The van der Waals surface area contributed by atoms with E-state index in [0.717, 1.165) is 49.4 Å². The van der Waals surface area contributed by atoms with Crippen molar-refractivity contribution in [1.29, 1.82) is 0 Å². The number of hydrogen-bond donors (Lipinski definition) is 0. The molecule has 1 saturated heterocycles. The Morgan fingerprint density at radius 1 is 1.05 bits per heavy atom. The van der Waals surface area contributed by atoms with Crippen LogP contribution in [0.5, 0.6) is 0 Å². The fourth-order valence-corrected chi connectivity index (χ4v) is 5.55. The van der Waals surface area contributed by atoms with Gasteiger partial charge in [0.05, 0.1) is 5.69 Å². The van der Waals surface area contributed by atoms with E-state index in [1.807, 2.05) is 22.9 Å². The molecule has 0 bridgehead atoms. The van der Waals surface area contributed by atoms with Crippen LogP contribution in [0.1, 0.15) is 42.0 Å². The SMILES string of the molecule is CCn1nc(-c2nc(-c3cc(C)c(CCN4CCC(C(=O)N=O)CC4)c(C)c3)no2)cc1-c1ccccc1C. The first kappa shape index (κ1) is 26.6. The molecule has 1 fully saturated rings. The summed E-state index contributed by atoms with van der Waals surface area (Å²) in [6.07, 6.45) is 2.31. The van der Waals surface area contributed by atoms with Gasteiger partial charge in [-0.3, -0.25) is 9.48 Å². The van der Waals surface area contributed by atoms with Crippen molar-refractivity contribution in [1.82, 2.24) is 24.8 Å². The number of likely N-dealkylation sites (tertiary alicyclic amines) is 1. The number of benzene rings is 2. The van der Waals surface area contributed by atoms with Crippen LogP contribution in [0.25, 0.3) is 34.2 Å². The van der Waals surface area contributed by atoms with Gasteiger partial charge >= 0.3 is 0 Å². The lowest BCUT2D eigenvalue weighted by Crippen LogP contribution is -2.37. The number of rotatable bonds is 8. The molecule has 2 aromatic heterocycles. The van der Waals surface area contributed by atoms with E-state index >= 15 is 0 Å². The van der Waals surface area contributed by atoms with Crippen molar-refractivity contribution >= 4 is 5.91 Å². The summed E-state index contributed by atoms with van der Waals surface area (Å²) in [5, 5.41) is 11.6. The van der Waals surface area contributed by atoms with Gasteiger partial charge in [-0.1, -0.05) is 29.4 Å². The monoisotopic (exact) mass is 526 g/mol. The second kappa shape index (κ2) is 11.4. The van der Waals surface area contributed by atoms with Crippen LogP contribution in [-0.2, 0) is 17.8 Å². The van der Waals surface area contributed by atoms with Gasteiger partial charge in [-0.25, -0.2) is 0 Å². The summed E-state index contributed by atoms with van der Waals surface area (Å²) in [5.74, 6) is 0.220. The van der Waals surface area contributed by atoms with E-state index in [0.29, 0.717) is 30.3 Å². The van der Waals surface area contributed by atoms with Crippen LogP contribution in [0, 0.1) is 31.6 Å². The molecule has 9 heteroatoms. The van der Waals surface area contributed by atoms with Crippen molar-refractivity contribution in [3.05, 3.63) is 69.6 Å².